The molecule has 0 bridgehead atoms. The Kier molecular flexibility index (Phi) is 6.03. The van der Waals surface area contributed by atoms with E-state index in [1.165, 1.54) is 12.1 Å². The monoisotopic (exact) mass is 460 g/mol. The summed E-state index contributed by atoms with van der Waals surface area (Å²) in [6.07, 6.45) is 1.28. The zero-order valence-corrected chi connectivity index (χ0v) is 18.3. The molecular formula is C26H22F2N4O2. The van der Waals surface area contributed by atoms with E-state index in [-0.39, 0.29) is 24.7 Å². The third-order valence-corrected chi connectivity index (χ3v) is 5.73. The number of benzene rings is 3. The average Bonchev–Trinajstić information content (AvgIpc) is 3.43. The Morgan fingerprint density at radius 1 is 1.00 bits per heavy atom. The minimum atomic E-state index is -0.447. The van der Waals surface area contributed by atoms with Gasteiger partial charge in [0.25, 0.3) is 0 Å². The molecule has 0 saturated heterocycles. The van der Waals surface area contributed by atoms with Crippen LogP contribution in [0.15, 0.2) is 71.3 Å². The van der Waals surface area contributed by atoms with Crippen molar-refractivity contribution in [1.29, 1.82) is 0 Å². The molecule has 0 spiro atoms. The fourth-order valence-corrected chi connectivity index (χ4v) is 4.15. The molecule has 1 amide bonds. The number of fused-ring (bicyclic) bond motifs is 3. The second kappa shape index (κ2) is 9.43. The van der Waals surface area contributed by atoms with Gasteiger partial charge >= 0.3 is 0 Å². The molecule has 0 aliphatic rings. The number of alkyl halides is 1. The Bertz CT molecular complexity index is 1460. The number of aromatic nitrogens is 3. The van der Waals surface area contributed by atoms with E-state index in [1.54, 1.807) is 12.1 Å². The van der Waals surface area contributed by atoms with E-state index < -0.39 is 6.67 Å². The molecule has 0 unspecified atom stereocenters. The lowest BCUT2D eigenvalue weighted by Gasteiger charge is -2.07. The predicted octanol–water partition coefficient (Wildman–Crippen LogP) is 5.91. The van der Waals surface area contributed by atoms with E-state index >= 15 is 0 Å². The van der Waals surface area contributed by atoms with Gasteiger partial charge in [0, 0.05) is 45.9 Å². The van der Waals surface area contributed by atoms with E-state index in [2.05, 4.69) is 15.5 Å². The van der Waals surface area contributed by atoms with Gasteiger partial charge in [0.1, 0.15) is 12.5 Å². The first kappa shape index (κ1) is 21.8. The van der Waals surface area contributed by atoms with Crippen LogP contribution in [0.5, 0.6) is 0 Å². The van der Waals surface area contributed by atoms with Gasteiger partial charge < -0.3 is 14.4 Å². The van der Waals surface area contributed by atoms with Gasteiger partial charge in [-0.25, -0.2) is 8.78 Å². The first-order valence-electron chi connectivity index (χ1n) is 11.1. The van der Waals surface area contributed by atoms with Crippen LogP contribution in [0.4, 0.5) is 14.5 Å². The Balaban J connectivity index is 1.22. The number of aryl methyl sites for hydroxylation is 2. The van der Waals surface area contributed by atoms with Crippen molar-refractivity contribution in [1.82, 2.24) is 14.7 Å². The van der Waals surface area contributed by atoms with Crippen molar-refractivity contribution in [3.63, 3.8) is 0 Å². The molecule has 0 atom stereocenters. The number of hydrogen-bond acceptors (Lipinski definition) is 4. The van der Waals surface area contributed by atoms with Crippen LogP contribution >= 0.6 is 0 Å². The lowest BCUT2D eigenvalue weighted by atomic mass is 10.1. The van der Waals surface area contributed by atoms with Crippen LogP contribution in [0.2, 0.25) is 0 Å². The fourth-order valence-electron chi connectivity index (χ4n) is 4.15. The lowest BCUT2D eigenvalue weighted by molar-refractivity contribution is -0.116. The minimum Gasteiger partial charge on any atom is -0.339 e. The number of carbonyl (C=O) groups is 1. The summed E-state index contributed by atoms with van der Waals surface area (Å²) in [5.74, 6) is 0.363. The molecule has 172 valence electrons. The lowest BCUT2D eigenvalue weighted by Crippen LogP contribution is -2.11. The number of rotatable bonds is 8. The smallest absolute Gasteiger partial charge is 0.226 e. The molecule has 3 aromatic carbocycles. The highest BCUT2D eigenvalue weighted by molar-refractivity contribution is 6.09. The summed E-state index contributed by atoms with van der Waals surface area (Å²) in [6, 6.07) is 19.4. The fraction of sp³-hybridized carbons (Fsp3) is 0.192. The van der Waals surface area contributed by atoms with Gasteiger partial charge in [-0.1, -0.05) is 23.4 Å². The molecule has 34 heavy (non-hydrogen) atoms. The van der Waals surface area contributed by atoms with Gasteiger partial charge in [-0.15, -0.1) is 0 Å². The van der Waals surface area contributed by atoms with Crippen LogP contribution in [0.1, 0.15) is 18.7 Å². The molecule has 0 fully saturated rings. The van der Waals surface area contributed by atoms with Crippen molar-refractivity contribution in [2.45, 2.75) is 25.8 Å². The number of halogens is 2. The molecule has 0 aliphatic heterocycles. The van der Waals surface area contributed by atoms with E-state index in [0.29, 0.717) is 35.8 Å². The van der Waals surface area contributed by atoms with Crippen molar-refractivity contribution in [3.8, 4) is 11.4 Å². The Morgan fingerprint density at radius 3 is 2.62 bits per heavy atom. The van der Waals surface area contributed by atoms with Crippen LogP contribution < -0.4 is 5.32 Å². The predicted molar refractivity (Wildman–Crippen MR) is 127 cm³/mol. The molecule has 2 aromatic heterocycles. The second-order valence-electron chi connectivity index (χ2n) is 8.01. The number of anilines is 1. The average molecular weight is 460 g/mol. The molecule has 0 radical (unpaired) electrons. The van der Waals surface area contributed by atoms with Crippen LogP contribution in [0.25, 0.3) is 33.2 Å². The van der Waals surface area contributed by atoms with Gasteiger partial charge in [-0.2, -0.15) is 4.98 Å². The summed E-state index contributed by atoms with van der Waals surface area (Å²) < 4.78 is 33.4. The number of carbonyl (C=O) groups excluding carboxylic acids is 1. The van der Waals surface area contributed by atoms with E-state index in [9.17, 15) is 13.6 Å². The molecule has 2 heterocycles. The van der Waals surface area contributed by atoms with Gasteiger partial charge in [0.2, 0.25) is 17.6 Å². The molecule has 5 rings (SSSR count). The molecule has 6 nitrogen and oxygen atoms in total. The summed E-state index contributed by atoms with van der Waals surface area (Å²) in [4.78, 5) is 16.8. The van der Waals surface area contributed by atoms with Crippen molar-refractivity contribution >= 4 is 33.4 Å². The van der Waals surface area contributed by atoms with E-state index in [1.807, 2.05) is 47.0 Å². The Hall–Kier alpha value is -4.07. The van der Waals surface area contributed by atoms with Gasteiger partial charge in [0.15, 0.2) is 0 Å². The van der Waals surface area contributed by atoms with Gasteiger partial charge in [-0.05, 0) is 55.0 Å². The second-order valence-corrected chi connectivity index (χ2v) is 8.01. The van der Waals surface area contributed by atoms with E-state index in [0.717, 1.165) is 21.8 Å². The van der Waals surface area contributed by atoms with Crippen LogP contribution in [0, 0.1) is 5.82 Å². The number of nitrogens with zero attached hydrogens (tertiary/aromatic N) is 3. The molecule has 0 saturated carbocycles. The number of hydrogen-bond donors (Lipinski definition) is 1. The van der Waals surface area contributed by atoms with Gasteiger partial charge in [-0.3, -0.25) is 4.79 Å². The minimum absolute atomic E-state index is 0.120. The summed E-state index contributed by atoms with van der Waals surface area (Å²) in [7, 11) is 0. The van der Waals surface area contributed by atoms with Crippen molar-refractivity contribution in [2.75, 3.05) is 12.0 Å². The summed E-state index contributed by atoms with van der Waals surface area (Å²) in [5.41, 5.74) is 3.26. The van der Waals surface area contributed by atoms with E-state index in [4.69, 9.17) is 4.52 Å². The maximum atomic E-state index is 13.1. The summed E-state index contributed by atoms with van der Waals surface area (Å²) >= 11 is 0. The highest BCUT2D eigenvalue weighted by atomic mass is 19.1. The number of nitrogens with one attached hydrogen (secondary N) is 1. The maximum Gasteiger partial charge on any atom is 0.226 e. The SMILES string of the molecule is O=C(CCCc1nc(-c2ccc(F)cc2)no1)Nc1ccc2c(c1)c1ccccc1n2CCF. The van der Waals surface area contributed by atoms with Crippen LogP contribution in [-0.4, -0.2) is 27.3 Å². The Morgan fingerprint density at radius 2 is 1.79 bits per heavy atom. The molecule has 8 heteroatoms. The molecule has 0 aliphatic carbocycles. The molecule has 1 N–H and O–H groups in total. The largest absolute Gasteiger partial charge is 0.339 e. The van der Waals surface area contributed by atoms with Crippen LogP contribution in [-0.2, 0) is 17.8 Å². The zero-order valence-electron chi connectivity index (χ0n) is 18.3. The van der Waals surface area contributed by atoms with Gasteiger partial charge in [0.05, 0.1) is 6.54 Å². The summed E-state index contributed by atoms with van der Waals surface area (Å²) in [5, 5.41) is 8.85. The first-order valence-corrected chi connectivity index (χ1v) is 11.1. The van der Waals surface area contributed by atoms with Crippen molar-refractivity contribution in [3.05, 3.63) is 78.4 Å². The van der Waals surface area contributed by atoms with Crippen LogP contribution in [0.3, 0.4) is 0 Å². The Labute approximate surface area is 194 Å². The molecule has 5 aromatic rings. The number of amides is 1. The maximum absolute atomic E-state index is 13.1. The summed E-state index contributed by atoms with van der Waals surface area (Å²) in [6.45, 7) is -0.161. The highest BCUT2D eigenvalue weighted by Gasteiger charge is 2.13. The first-order chi connectivity index (χ1) is 16.6. The standard InChI is InChI=1S/C26H22F2N4O2/c27-14-15-32-22-5-2-1-4-20(22)21-16-19(12-13-23(21)32)29-24(33)6-3-7-25-30-26(31-34-25)17-8-10-18(28)11-9-17/h1-2,4-5,8-13,16H,3,6-7,14-15H2,(H,29,33). The topological polar surface area (TPSA) is 72.9 Å². The number of para-hydroxylation sites is 1. The third kappa shape index (κ3) is 4.39. The van der Waals surface area contributed by atoms with Crippen molar-refractivity contribution in [2.24, 2.45) is 0 Å². The highest BCUT2D eigenvalue weighted by Crippen LogP contribution is 2.31. The normalized spacial score (nSPS) is 11.4. The zero-order chi connectivity index (χ0) is 23.5. The quantitative estimate of drug-likeness (QED) is 0.312. The third-order valence-electron chi connectivity index (χ3n) is 5.73. The van der Waals surface area contributed by atoms with Crippen molar-refractivity contribution < 1.29 is 18.1 Å². The molecular weight excluding hydrogens is 438 g/mol.